The van der Waals surface area contributed by atoms with Gasteiger partial charge in [-0.1, -0.05) is 18.2 Å². The molecule has 0 saturated heterocycles. The maximum absolute atomic E-state index is 13.4. The van der Waals surface area contributed by atoms with Gasteiger partial charge in [0, 0.05) is 31.5 Å². The Kier molecular flexibility index (Phi) is 4.57. The van der Waals surface area contributed by atoms with E-state index in [1.807, 2.05) is 38.1 Å². The fourth-order valence-electron chi connectivity index (χ4n) is 3.79. The van der Waals surface area contributed by atoms with E-state index in [2.05, 4.69) is 4.98 Å². The highest BCUT2D eigenvalue weighted by atomic mass is 16.2. The van der Waals surface area contributed by atoms with Crippen molar-refractivity contribution in [1.82, 2.24) is 9.88 Å². The van der Waals surface area contributed by atoms with Crippen LogP contribution in [0.15, 0.2) is 48.8 Å². The third-order valence-corrected chi connectivity index (χ3v) is 4.97. The predicted molar refractivity (Wildman–Crippen MR) is 97.3 cm³/mol. The number of hydrogen-bond donors (Lipinski definition) is 0. The Balaban J connectivity index is 2.16. The van der Waals surface area contributed by atoms with Gasteiger partial charge in [-0.2, -0.15) is 0 Å². The first-order valence-corrected chi connectivity index (χ1v) is 8.59. The van der Waals surface area contributed by atoms with E-state index in [9.17, 15) is 9.59 Å². The molecule has 0 radical (unpaired) electrons. The summed E-state index contributed by atoms with van der Waals surface area (Å²) >= 11 is 0. The molecule has 5 heteroatoms. The quantitative estimate of drug-likeness (QED) is 0.864. The van der Waals surface area contributed by atoms with Crippen molar-refractivity contribution < 1.29 is 9.59 Å². The number of para-hydroxylation sites is 1. The molecule has 1 aromatic heterocycles. The molecule has 1 aliphatic heterocycles. The summed E-state index contributed by atoms with van der Waals surface area (Å²) < 4.78 is 0. The second kappa shape index (κ2) is 6.67. The molecule has 5 nitrogen and oxygen atoms in total. The predicted octanol–water partition coefficient (Wildman–Crippen LogP) is 3.26. The molecule has 1 aliphatic rings. The van der Waals surface area contributed by atoms with Gasteiger partial charge in [0.1, 0.15) is 5.66 Å². The second-order valence-corrected chi connectivity index (χ2v) is 6.49. The van der Waals surface area contributed by atoms with Crippen LogP contribution in [0.1, 0.15) is 43.1 Å². The average Bonchev–Trinajstić information content (AvgIpc) is 2.62. The van der Waals surface area contributed by atoms with Crippen molar-refractivity contribution in [3.63, 3.8) is 0 Å². The average molecular weight is 337 g/mol. The maximum atomic E-state index is 13.4. The molecule has 1 atom stereocenters. The second-order valence-electron chi connectivity index (χ2n) is 6.49. The minimum atomic E-state index is -0.706. The van der Waals surface area contributed by atoms with Crippen LogP contribution in [0.4, 0.5) is 5.69 Å². The van der Waals surface area contributed by atoms with Crippen molar-refractivity contribution in [3.05, 3.63) is 59.9 Å². The van der Waals surface area contributed by atoms with Crippen LogP contribution in [0.25, 0.3) is 0 Å². The largest absolute Gasteiger partial charge is 0.320 e. The number of nitrogens with zero attached hydrogens (tertiary/aromatic N) is 3. The molecule has 1 unspecified atom stereocenters. The van der Waals surface area contributed by atoms with E-state index in [1.165, 1.54) is 0 Å². The Morgan fingerprint density at radius 2 is 2.00 bits per heavy atom. The lowest BCUT2D eigenvalue weighted by Gasteiger charge is -2.51. The van der Waals surface area contributed by atoms with Crippen LogP contribution >= 0.6 is 0 Å². The summed E-state index contributed by atoms with van der Waals surface area (Å²) in [4.78, 5) is 33.3. The highest BCUT2D eigenvalue weighted by Crippen LogP contribution is 2.40. The first-order valence-electron chi connectivity index (χ1n) is 8.59. The first-order chi connectivity index (χ1) is 12.0. The van der Waals surface area contributed by atoms with Gasteiger partial charge in [0.25, 0.3) is 5.91 Å². The monoisotopic (exact) mass is 337 g/mol. The number of carbonyl (C=O) groups excluding carboxylic acids is 2. The zero-order chi connectivity index (χ0) is 18.0. The summed E-state index contributed by atoms with van der Waals surface area (Å²) in [6.07, 6.45) is 4.74. The number of amides is 2. The molecule has 0 bridgehead atoms. The molecule has 0 fully saturated rings. The number of aryl methyl sites for hydroxylation is 1. The van der Waals surface area contributed by atoms with Gasteiger partial charge < -0.3 is 4.90 Å². The SMILES string of the molecule is CCN(C(C)=O)C1(C)CCc2ccccc2N1C(=O)c1cccnc1. The number of rotatable bonds is 3. The molecule has 1 aromatic carbocycles. The number of pyridine rings is 1. The first kappa shape index (κ1) is 17.1. The van der Waals surface area contributed by atoms with Crippen molar-refractivity contribution >= 4 is 17.5 Å². The summed E-state index contributed by atoms with van der Waals surface area (Å²) in [6.45, 7) is 6.02. The van der Waals surface area contributed by atoms with Crippen molar-refractivity contribution in [2.45, 2.75) is 39.3 Å². The highest BCUT2D eigenvalue weighted by molar-refractivity contribution is 6.07. The Hall–Kier alpha value is -2.69. The fraction of sp³-hybridized carbons (Fsp3) is 0.350. The Bertz CT molecular complexity index is 791. The van der Waals surface area contributed by atoms with Crippen LogP contribution < -0.4 is 4.90 Å². The van der Waals surface area contributed by atoms with E-state index in [0.29, 0.717) is 18.5 Å². The molecule has 25 heavy (non-hydrogen) atoms. The molecule has 0 saturated carbocycles. The summed E-state index contributed by atoms with van der Waals surface area (Å²) in [7, 11) is 0. The van der Waals surface area contributed by atoms with Gasteiger partial charge in [-0.15, -0.1) is 0 Å². The molecule has 0 N–H and O–H groups in total. The zero-order valence-electron chi connectivity index (χ0n) is 14.9. The maximum Gasteiger partial charge on any atom is 0.261 e. The van der Waals surface area contributed by atoms with Crippen LogP contribution in [0.5, 0.6) is 0 Å². The molecule has 2 aromatic rings. The molecule has 130 valence electrons. The van der Waals surface area contributed by atoms with Crippen LogP contribution in [-0.4, -0.2) is 33.9 Å². The van der Waals surface area contributed by atoms with Crippen LogP contribution in [0, 0.1) is 0 Å². The standard InChI is InChI=1S/C20H23N3O2/c1-4-22(15(2)24)20(3)12-11-16-8-5-6-10-18(16)23(20)19(25)17-9-7-13-21-14-17/h5-10,13-14H,4,11-12H2,1-3H3. The topological polar surface area (TPSA) is 53.5 Å². The number of carbonyl (C=O) groups is 2. The lowest BCUT2D eigenvalue weighted by atomic mass is 9.89. The van der Waals surface area contributed by atoms with E-state index in [-0.39, 0.29) is 11.8 Å². The minimum Gasteiger partial charge on any atom is -0.320 e. The van der Waals surface area contributed by atoms with Crippen molar-refractivity contribution in [1.29, 1.82) is 0 Å². The number of aromatic nitrogens is 1. The Morgan fingerprint density at radius 1 is 1.24 bits per heavy atom. The highest BCUT2D eigenvalue weighted by Gasteiger charge is 2.45. The van der Waals surface area contributed by atoms with Crippen molar-refractivity contribution in [2.24, 2.45) is 0 Å². The summed E-state index contributed by atoms with van der Waals surface area (Å²) in [5.74, 6) is -0.171. The van der Waals surface area contributed by atoms with Gasteiger partial charge in [-0.25, -0.2) is 0 Å². The smallest absolute Gasteiger partial charge is 0.261 e. The van der Waals surface area contributed by atoms with Crippen molar-refractivity contribution in [3.8, 4) is 0 Å². The van der Waals surface area contributed by atoms with Gasteiger partial charge in [-0.05, 0) is 50.5 Å². The van der Waals surface area contributed by atoms with Crippen LogP contribution in [0.2, 0.25) is 0 Å². The molecular formula is C20H23N3O2. The number of fused-ring (bicyclic) bond motifs is 1. The van der Waals surface area contributed by atoms with Crippen molar-refractivity contribution in [2.75, 3.05) is 11.4 Å². The summed E-state index contributed by atoms with van der Waals surface area (Å²) in [5.41, 5.74) is 1.80. The van der Waals surface area contributed by atoms with Crippen LogP contribution in [0.3, 0.4) is 0 Å². The third-order valence-electron chi connectivity index (χ3n) is 4.97. The number of anilines is 1. The summed E-state index contributed by atoms with van der Waals surface area (Å²) in [5, 5.41) is 0. The zero-order valence-corrected chi connectivity index (χ0v) is 14.9. The lowest BCUT2D eigenvalue weighted by Crippen LogP contribution is -2.64. The Labute approximate surface area is 148 Å². The summed E-state index contributed by atoms with van der Waals surface area (Å²) in [6, 6.07) is 11.4. The molecule has 3 rings (SSSR count). The van der Waals surface area contributed by atoms with E-state index < -0.39 is 5.66 Å². The van der Waals surface area contributed by atoms with E-state index >= 15 is 0 Å². The van der Waals surface area contributed by atoms with E-state index in [0.717, 1.165) is 17.7 Å². The van der Waals surface area contributed by atoms with Crippen LogP contribution in [-0.2, 0) is 11.2 Å². The fourth-order valence-corrected chi connectivity index (χ4v) is 3.79. The van der Waals surface area contributed by atoms with Gasteiger partial charge in [0.2, 0.25) is 5.91 Å². The van der Waals surface area contributed by atoms with E-state index in [1.54, 1.807) is 41.2 Å². The lowest BCUT2D eigenvalue weighted by molar-refractivity contribution is -0.134. The van der Waals surface area contributed by atoms with Gasteiger partial charge in [0.05, 0.1) is 5.56 Å². The molecular weight excluding hydrogens is 314 g/mol. The number of benzene rings is 1. The molecule has 0 aliphatic carbocycles. The minimum absolute atomic E-state index is 0.0339. The molecule has 0 spiro atoms. The normalized spacial score (nSPS) is 19.2. The van der Waals surface area contributed by atoms with Gasteiger partial charge in [0.15, 0.2) is 0 Å². The number of hydrogen-bond acceptors (Lipinski definition) is 3. The van der Waals surface area contributed by atoms with Gasteiger partial charge >= 0.3 is 0 Å². The molecule has 2 amide bonds. The molecule has 2 heterocycles. The third kappa shape index (κ3) is 2.90. The van der Waals surface area contributed by atoms with Gasteiger partial charge in [-0.3, -0.25) is 19.5 Å². The van der Waals surface area contributed by atoms with E-state index in [4.69, 9.17) is 0 Å². The Morgan fingerprint density at radius 3 is 2.64 bits per heavy atom.